The van der Waals surface area contributed by atoms with Crippen LogP contribution in [0.3, 0.4) is 0 Å². The van der Waals surface area contributed by atoms with E-state index in [1.165, 1.54) is 13.2 Å². The van der Waals surface area contributed by atoms with Crippen molar-refractivity contribution in [1.82, 2.24) is 15.0 Å². The second kappa shape index (κ2) is 13.2. The van der Waals surface area contributed by atoms with E-state index in [9.17, 15) is 22.7 Å². The number of nitrogens with one attached hydrogen (secondary N) is 2. The van der Waals surface area contributed by atoms with Crippen LogP contribution in [0.4, 0.5) is 33.3 Å². The number of sulfone groups is 1. The summed E-state index contributed by atoms with van der Waals surface area (Å²) in [7, 11) is -1.79. The molecule has 14 heteroatoms. The molecular formula is C34H44FN7O5S. The van der Waals surface area contributed by atoms with Crippen molar-refractivity contribution >= 4 is 55.5 Å². The number of carbonyl (C=O) groups is 1. The number of anilines is 5. The van der Waals surface area contributed by atoms with E-state index in [-0.39, 0.29) is 42.9 Å². The maximum atomic E-state index is 14.6. The number of nitrogens with zero attached hydrogens (tertiary/aromatic N) is 5. The molecule has 5 heterocycles. The summed E-state index contributed by atoms with van der Waals surface area (Å²) >= 11 is 0. The lowest BCUT2D eigenvalue weighted by atomic mass is 9.85. The van der Waals surface area contributed by atoms with E-state index in [1.54, 1.807) is 30.3 Å². The number of carbonyl (C=O) groups excluding carboxylic acids is 1. The van der Waals surface area contributed by atoms with Gasteiger partial charge >= 0.3 is 0 Å². The zero-order chi connectivity index (χ0) is 34.4. The van der Waals surface area contributed by atoms with E-state index in [0.717, 1.165) is 22.0 Å². The number of hydrogen-bond donors (Lipinski definition) is 3. The number of benzene rings is 1. The molecule has 12 nitrogen and oxygen atoms in total. The molecule has 0 bridgehead atoms. The van der Waals surface area contributed by atoms with Crippen molar-refractivity contribution in [3.63, 3.8) is 0 Å². The molecule has 0 spiro atoms. The number of aromatic nitrogens is 3. The van der Waals surface area contributed by atoms with Gasteiger partial charge in [-0.25, -0.2) is 22.8 Å². The van der Waals surface area contributed by atoms with Gasteiger partial charge in [-0.2, -0.15) is 4.98 Å². The highest BCUT2D eigenvalue weighted by Crippen LogP contribution is 2.44. The number of pyridine rings is 1. The Hall–Kier alpha value is -3.88. The first-order valence-electron chi connectivity index (χ1n) is 16.4. The number of methoxy groups -OCH3 is 1. The molecule has 0 saturated carbocycles. The first kappa shape index (κ1) is 34.0. The second-order valence-corrected chi connectivity index (χ2v) is 16.1. The Morgan fingerprint density at radius 2 is 1.96 bits per heavy atom. The van der Waals surface area contributed by atoms with Crippen molar-refractivity contribution in [2.24, 2.45) is 5.92 Å². The largest absolute Gasteiger partial charge is 0.390 e. The first-order chi connectivity index (χ1) is 22.8. The standard InChI is InChI=1S/C34H44FN7O5S/c1-6-31(43)38-25-14-26(42-17-21(18-42)28-15-34(4,44)9-12-48(28,45)46)23-16-37-30(13-22(23)32(25)20(2)3)39-29-7-10-36-33(40-29)41-11-8-27(47-5)24(35)19-41/h6-7,10,13-14,16,20-21,24,27-28,44H,1,8-9,11-12,15,17-19H2,2-5H3,(H,38,43)(H,36,37,39,40)/t24-,27+,28?,34?/m0/s1. The SMILES string of the molecule is C=CC(=O)Nc1cc(N2CC(C3CC(C)(O)CCS3(=O)=O)C2)c2cnc(Nc3ccnc(N4CC[C@@H](OC)[C@@H](F)C4)n3)cc2c1C(C)C. The Morgan fingerprint density at radius 3 is 2.65 bits per heavy atom. The maximum absolute atomic E-state index is 14.6. The Morgan fingerprint density at radius 1 is 1.19 bits per heavy atom. The number of rotatable bonds is 9. The molecule has 3 N–H and O–H groups in total. The third-order valence-electron chi connectivity index (χ3n) is 9.83. The molecule has 3 aliphatic heterocycles. The third kappa shape index (κ3) is 6.83. The fourth-order valence-corrected chi connectivity index (χ4v) is 9.57. The molecule has 6 rings (SSSR count). The molecule has 3 aromatic rings. The molecule has 0 radical (unpaired) electrons. The van der Waals surface area contributed by atoms with Gasteiger partial charge in [0.2, 0.25) is 11.9 Å². The Kier molecular flexibility index (Phi) is 9.35. The van der Waals surface area contributed by atoms with Crippen LogP contribution in [-0.4, -0.2) is 96.6 Å². The van der Waals surface area contributed by atoms with Crippen molar-refractivity contribution in [1.29, 1.82) is 0 Å². The van der Waals surface area contributed by atoms with Crippen LogP contribution in [0.1, 0.15) is 51.5 Å². The molecule has 2 unspecified atom stereocenters. The fraction of sp³-hybridized carbons (Fsp3) is 0.529. The van der Waals surface area contributed by atoms with Crippen molar-refractivity contribution < 1.29 is 27.4 Å². The quantitative estimate of drug-likeness (QED) is 0.277. The van der Waals surface area contributed by atoms with Crippen LogP contribution in [0, 0.1) is 5.92 Å². The summed E-state index contributed by atoms with van der Waals surface area (Å²) in [6, 6.07) is 5.56. The van der Waals surface area contributed by atoms with E-state index < -0.39 is 33.0 Å². The highest BCUT2D eigenvalue weighted by atomic mass is 32.2. The molecule has 3 fully saturated rings. The first-order valence-corrected chi connectivity index (χ1v) is 18.1. The van der Waals surface area contributed by atoms with Crippen molar-refractivity contribution in [2.45, 2.75) is 69.1 Å². The summed E-state index contributed by atoms with van der Waals surface area (Å²) in [5, 5.41) is 18.0. The predicted molar refractivity (Wildman–Crippen MR) is 186 cm³/mol. The number of alkyl halides is 1. The van der Waals surface area contributed by atoms with Gasteiger partial charge in [0.15, 0.2) is 9.84 Å². The monoisotopic (exact) mass is 681 g/mol. The minimum absolute atomic E-state index is 0.0128. The molecule has 0 aliphatic carbocycles. The summed E-state index contributed by atoms with van der Waals surface area (Å²) in [4.78, 5) is 30.2. The number of ether oxygens (including phenoxy) is 1. The second-order valence-electron chi connectivity index (χ2n) is 13.7. The van der Waals surface area contributed by atoms with Crippen LogP contribution in [0.15, 0.2) is 43.2 Å². The van der Waals surface area contributed by atoms with Crippen LogP contribution in [-0.2, 0) is 19.4 Å². The summed E-state index contributed by atoms with van der Waals surface area (Å²) in [5.74, 6) is 0.962. The molecular weight excluding hydrogens is 637 g/mol. The maximum Gasteiger partial charge on any atom is 0.247 e. The fourth-order valence-electron chi connectivity index (χ4n) is 7.17. The number of fused-ring (bicyclic) bond motifs is 1. The van der Waals surface area contributed by atoms with Crippen molar-refractivity contribution in [3.8, 4) is 0 Å². The van der Waals surface area contributed by atoms with E-state index >= 15 is 0 Å². The van der Waals surface area contributed by atoms with Crippen LogP contribution in [0.5, 0.6) is 0 Å². The molecule has 2 aromatic heterocycles. The Labute approximate surface area is 280 Å². The third-order valence-corrected chi connectivity index (χ3v) is 12.1. The highest BCUT2D eigenvalue weighted by Gasteiger charge is 2.47. The number of aliphatic hydroxyl groups is 1. The summed E-state index contributed by atoms with van der Waals surface area (Å²) in [5.41, 5.74) is 1.37. The van der Waals surface area contributed by atoms with Crippen molar-refractivity contribution in [2.75, 3.05) is 59.5 Å². The number of piperidine rings is 1. The number of amides is 1. The van der Waals surface area contributed by atoms with Gasteiger partial charge in [0.1, 0.15) is 17.8 Å². The molecule has 3 saturated heterocycles. The average Bonchev–Trinajstić information content (AvgIpc) is 3.02. The zero-order valence-electron chi connectivity index (χ0n) is 27.8. The van der Waals surface area contributed by atoms with Crippen LogP contribution < -0.4 is 20.4 Å². The number of halogens is 1. The van der Waals surface area contributed by atoms with Crippen molar-refractivity contribution in [3.05, 3.63) is 48.8 Å². The number of hydrogen-bond acceptors (Lipinski definition) is 11. The average molecular weight is 682 g/mol. The summed E-state index contributed by atoms with van der Waals surface area (Å²) in [6.07, 6.45) is 4.04. The zero-order valence-corrected chi connectivity index (χ0v) is 28.6. The van der Waals surface area contributed by atoms with Gasteiger partial charge in [-0.05, 0) is 67.3 Å². The topological polar surface area (TPSA) is 150 Å². The molecule has 48 heavy (non-hydrogen) atoms. The lowest BCUT2D eigenvalue weighted by molar-refractivity contribution is -0.111. The summed E-state index contributed by atoms with van der Waals surface area (Å²) in [6.45, 7) is 11.1. The van der Waals surface area contributed by atoms with Gasteiger partial charge in [-0.3, -0.25) is 4.79 Å². The van der Waals surface area contributed by atoms with Gasteiger partial charge in [0.25, 0.3) is 0 Å². The van der Waals surface area contributed by atoms with Gasteiger partial charge in [-0.15, -0.1) is 0 Å². The van der Waals surface area contributed by atoms with Crippen LogP contribution in [0.25, 0.3) is 10.8 Å². The van der Waals surface area contributed by atoms with E-state index in [1.807, 2.05) is 26.0 Å². The molecule has 3 aliphatic rings. The van der Waals surface area contributed by atoms with E-state index in [0.29, 0.717) is 49.3 Å². The van der Waals surface area contributed by atoms with Gasteiger partial charge in [-0.1, -0.05) is 20.4 Å². The predicted octanol–water partition coefficient (Wildman–Crippen LogP) is 4.34. The minimum atomic E-state index is -3.31. The summed E-state index contributed by atoms with van der Waals surface area (Å²) < 4.78 is 45.8. The lowest BCUT2D eigenvalue weighted by Crippen LogP contribution is -2.57. The molecule has 258 valence electrons. The lowest BCUT2D eigenvalue weighted by Gasteiger charge is -2.48. The smallest absolute Gasteiger partial charge is 0.247 e. The van der Waals surface area contributed by atoms with Crippen LogP contribution in [0.2, 0.25) is 0 Å². The van der Waals surface area contributed by atoms with Crippen LogP contribution >= 0.6 is 0 Å². The van der Waals surface area contributed by atoms with Gasteiger partial charge < -0.3 is 30.3 Å². The minimum Gasteiger partial charge on any atom is -0.390 e. The Bertz CT molecular complexity index is 1810. The molecule has 1 amide bonds. The highest BCUT2D eigenvalue weighted by molar-refractivity contribution is 7.92. The van der Waals surface area contributed by atoms with Gasteiger partial charge in [0, 0.05) is 61.8 Å². The Balaban J connectivity index is 1.32. The van der Waals surface area contributed by atoms with Gasteiger partial charge in [0.05, 0.1) is 29.3 Å². The molecule has 4 atom stereocenters. The van der Waals surface area contributed by atoms with E-state index in [2.05, 4.69) is 32.1 Å². The van der Waals surface area contributed by atoms with E-state index in [4.69, 9.17) is 9.72 Å². The molecule has 1 aromatic carbocycles. The normalized spacial score (nSPS) is 25.9.